The van der Waals surface area contributed by atoms with Crippen molar-refractivity contribution in [3.63, 3.8) is 0 Å². The van der Waals surface area contributed by atoms with Crippen molar-refractivity contribution in [1.29, 1.82) is 0 Å². The Kier molecular flexibility index (Phi) is 8.41. The average Bonchev–Trinajstić information content (AvgIpc) is 3.76. The predicted octanol–water partition coefficient (Wildman–Crippen LogP) is 3.98. The van der Waals surface area contributed by atoms with E-state index in [0.29, 0.717) is 17.4 Å². The van der Waals surface area contributed by atoms with Crippen LogP contribution in [0.2, 0.25) is 5.15 Å². The van der Waals surface area contributed by atoms with Crippen LogP contribution in [-0.2, 0) is 14.3 Å². The number of amides is 2. The molecule has 2 heterocycles. The van der Waals surface area contributed by atoms with Crippen molar-refractivity contribution in [2.24, 2.45) is 17.8 Å². The van der Waals surface area contributed by atoms with E-state index in [-0.39, 0.29) is 29.2 Å². The first kappa shape index (κ1) is 28.0. The molecule has 2 saturated carbocycles. The summed E-state index contributed by atoms with van der Waals surface area (Å²) in [6.07, 6.45) is 4.66. The van der Waals surface area contributed by atoms with Crippen LogP contribution in [0.4, 0.5) is 14.9 Å². The van der Waals surface area contributed by atoms with Crippen LogP contribution in [-0.4, -0.2) is 64.4 Å². The van der Waals surface area contributed by atoms with Crippen LogP contribution >= 0.6 is 11.6 Å². The molecule has 0 aromatic carbocycles. The van der Waals surface area contributed by atoms with Crippen LogP contribution in [0.3, 0.4) is 0 Å². The third-order valence-electron chi connectivity index (χ3n) is 6.57. The lowest BCUT2D eigenvalue weighted by molar-refractivity contribution is -0.120. The maximum atomic E-state index is 15.1. The summed E-state index contributed by atoms with van der Waals surface area (Å²) in [7, 11) is 2.91. The fourth-order valence-corrected chi connectivity index (χ4v) is 4.88. The van der Waals surface area contributed by atoms with E-state index in [2.05, 4.69) is 25.9 Å². The maximum Gasteiger partial charge on any atom is 0.408 e. The highest BCUT2D eigenvalue weighted by Gasteiger charge is 2.48. The SMILES string of the molecule is COCC(c1cc(Cl)nnc1OC)n1cc(NC(=O)C(NC(=O)OC(C)(C)C)C(C2CC2)C2CC2)c(F)n1. The highest BCUT2D eigenvalue weighted by atomic mass is 35.5. The number of methoxy groups -OCH3 is 2. The quantitative estimate of drug-likeness (QED) is 0.428. The van der Waals surface area contributed by atoms with Crippen molar-refractivity contribution < 1.29 is 28.2 Å². The zero-order valence-electron chi connectivity index (χ0n) is 22.2. The fourth-order valence-electron chi connectivity index (χ4n) is 4.72. The molecule has 2 fully saturated rings. The number of carbonyl (C=O) groups is 2. The lowest BCUT2D eigenvalue weighted by Crippen LogP contribution is -2.51. The molecule has 38 heavy (non-hydrogen) atoms. The van der Waals surface area contributed by atoms with Gasteiger partial charge in [-0.2, -0.15) is 4.39 Å². The van der Waals surface area contributed by atoms with Gasteiger partial charge in [-0.25, -0.2) is 4.79 Å². The van der Waals surface area contributed by atoms with Gasteiger partial charge in [-0.05, 0) is 70.3 Å². The van der Waals surface area contributed by atoms with Gasteiger partial charge in [0.15, 0.2) is 5.15 Å². The molecular formula is C25H34ClFN6O5. The van der Waals surface area contributed by atoms with Crippen molar-refractivity contribution in [2.45, 2.75) is 64.1 Å². The van der Waals surface area contributed by atoms with Crippen LogP contribution in [0.15, 0.2) is 12.3 Å². The molecule has 2 aliphatic carbocycles. The van der Waals surface area contributed by atoms with E-state index < -0.39 is 35.6 Å². The number of nitrogens with one attached hydrogen (secondary N) is 2. The summed E-state index contributed by atoms with van der Waals surface area (Å²) >= 11 is 6.04. The van der Waals surface area contributed by atoms with Gasteiger partial charge in [0.05, 0.1) is 19.9 Å². The minimum Gasteiger partial charge on any atom is -0.480 e. The molecule has 2 aromatic heterocycles. The Morgan fingerprint density at radius 1 is 1.18 bits per heavy atom. The zero-order chi connectivity index (χ0) is 27.6. The molecule has 0 radical (unpaired) electrons. The maximum absolute atomic E-state index is 15.1. The Morgan fingerprint density at radius 2 is 1.84 bits per heavy atom. The predicted molar refractivity (Wildman–Crippen MR) is 137 cm³/mol. The number of hydrogen-bond donors (Lipinski definition) is 2. The number of rotatable bonds is 11. The van der Waals surface area contributed by atoms with E-state index in [0.717, 1.165) is 25.7 Å². The Labute approximate surface area is 225 Å². The summed E-state index contributed by atoms with van der Waals surface area (Å²) < 4.78 is 32.4. The van der Waals surface area contributed by atoms with Crippen molar-refractivity contribution in [3.8, 4) is 5.88 Å². The molecule has 208 valence electrons. The summed E-state index contributed by atoms with van der Waals surface area (Å²) in [5, 5.41) is 17.2. The van der Waals surface area contributed by atoms with E-state index in [9.17, 15) is 9.59 Å². The number of hydrogen-bond acceptors (Lipinski definition) is 8. The summed E-state index contributed by atoms with van der Waals surface area (Å²) in [5.41, 5.74) is -0.388. The summed E-state index contributed by atoms with van der Waals surface area (Å²) in [6, 6.07) is -0.0129. The molecule has 0 spiro atoms. The average molecular weight is 553 g/mol. The normalized spacial score (nSPS) is 17.2. The molecule has 0 bridgehead atoms. The zero-order valence-corrected chi connectivity index (χ0v) is 22.9. The molecule has 2 atom stereocenters. The number of carbonyl (C=O) groups excluding carboxylic acids is 2. The third kappa shape index (κ3) is 6.90. The van der Waals surface area contributed by atoms with E-state index in [4.69, 9.17) is 25.8 Å². The van der Waals surface area contributed by atoms with Gasteiger partial charge in [-0.15, -0.1) is 15.3 Å². The monoisotopic (exact) mass is 552 g/mol. The lowest BCUT2D eigenvalue weighted by Gasteiger charge is -2.28. The highest BCUT2D eigenvalue weighted by Crippen LogP contribution is 2.51. The van der Waals surface area contributed by atoms with Crippen molar-refractivity contribution in [3.05, 3.63) is 28.9 Å². The summed E-state index contributed by atoms with van der Waals surface area (Å²) in [4.78, 5) is 26.2. The van der Waals surface area contributed by atoms with Gasteiger partial charge >= 0.3 is 6.09 Å². The van der Waals surface area contributed by atoms with E-state index in [1.165, 1.54) is 31.2 Å². The minimum atomic E-state index is -0.892. The second-order valence-corrected chi connectivity index (χ2v) is 11.2. The van der Waals surface area contributed by atoms with Crippen LogP contribution in [0, 0.1) is 23.7 Å². The molecule has 2 amide bonds. The van der Waals surface area contributed by atoms with Crippen molar-refractivity contribution in [1.82, 2.24) is 25.3 Å². The van der Waals surface area contributed by atoms with Crippen molar-refractivity contribution >= 4 is 29.3 Å². The topological polar surface area (TPSA) is 129 Å². The molecule has 11 nitrogen and oxygen atoms in total. The third-order valence-corrected chi connectivity index (χ3v) is 6.76. The molecule has 13 heteroatoms. The van der Waals surface area contributed by atoms with Gasteiger partial charge in [0.1, 0.15) is 23.4 Å². The molecule has 2 unspecified atom stereocenters. The van der Waals surface area contributed by atoms with Crippen molar-refractivity contribution in [2.75, 3.05) is 26.1 Å². The Balaban J connectivity index is 1.59. The Morgan fingerprint density at radius 3 is 2.39 bits per heavy atom. The number of anilines is 1. The second-order valence-electron chi connectivity index (χ2n) is 10.8. The second kappa shape index (κ2) is 11.4. The highest BCUT2D eigenvalue weighted by molar-refractivity contribution is 6.29. The van der Waals surface area contributed by atoms with Crippen LogP contribution in [0.1, 0.15) is 58.1 Å². The molecule has 2 N–H and O–H groups in total. The first-order valence-electron chi connectivity index (χ1n) is 12.6. The van der Waals surface area contributed by atoms with Crippen LogP contribution in [0.5, 0.6) is 5.88 Å². The molecule has 0 aliphatic heterocycles. The van der Waals surface area contributed by atoms with Gasteiger partial charge in [-0.1, -0.05) is 11.6 Å². The van der Waals surface area contributed by atoms with E-state index in [1.54, 1.807) is 20.8 Å². The molecule has 2 aliphatic rings. The first-order chi connectivity index (χ1) is 18.0. The molecule has 0 saturated heterocycles. The number of halogens is 2. The summed E-state index contributed by atoms with van der Waals surface area (Å²) in [6.45, 7) is 5.34. The van der Waals surface area contributed by atoms with E-state index >= 15 is 4.39 Å². The molecule has 4 rings (SSSR count). The van der Waals surface area contributed by atoms with Gasteiger partial charge in [0, 0.05) is 12.7 Å². The van der Waals surface area contributed by atoms with Gasteiger partial charge in [0.25, 0.3) is 5.95 Å². The minimum absolute atomic E-state index is 0.0452. The molecule has 2 aromatic rings. The van der Waals surface area contributed by atoms with Gasteiger partial charge in [-0.3, -0.25) is 9.48 Å². The smallest absolute Gasteiger partial charge is 0.408 e. The summed E-state index contributed by atoms with van der Waals surface area (Å²) in [5.74, 6) is -0.608. The Hall–Kier alpha value is -2.99. The standard InChI is InChI=1S/C25H34ClFN6O5/c1-25(2,3)38-24(35)29-20(19(13-6-7-13)14-8-9-14)22(34)28-16-11-33(32-21(16)27)17(12-36-4)15-10-18(26)30-31-23(15)37-5/h10-11,13-14,17,19-20H,6-9,12H2,1-5H3,(H,28,34)(H,29,35). The van der Waals surface area contributed by atoms with Gasteiger partial charge < -0.3 is 24.8 Å². The number of nitrogens with zero attached hydrogens (tertiary/aromatic N) is 4. The van der Waals surface area contributed by atoms with Crippen LogP contribution < -0.4 is 15.4 Å². The number of ether oxygens (including phenoxy) is 3. The number of aromatic nitrogens is 4. The number of alkyl carbamates (subject to hydrolysis) is 1. The van der Waals surface area contributed by atoms with Gasteiger partial charge in [0.2, 0.25) is 11.8 Å². The molecular weight excluding hydrogens is 519 g/mol. The lowest BCUT2D eigenvalue weighted by atomic mass is 9.88. The largest absolute Gasteiger partial charge is 0.480 e. The Bertz CT molecular complexity index is 1150. The fraction of sp³-hybridized carbons (Fsp3) is 0.640. The van der Waals surface area contributed by atoms with E-state index in [1.807, 2.05) is 0 Å². The first-order valence-corrected chi connectivity index (χ1v) is 13.0. The van der Waals surface area contributed by atoms with Crippen LogP contribution in [0.25, 0.3) is 0 Å².